The Morgan fingerprint density at radius 1 is 1.50 bits per heavy atom. The molecule has 1 N–H and O–H groups in total. The molecule has 2 aromatic rings. The molecule has 1 saturated heterocycles. The molecule has 0 spiro atoms. The van der Waals surface area contributed by atoms with Crippen molar-refractivity contribution < 1.29 is 9.53 Å². The second kappa shape index (κ2) is 4.28. The molecule has 18 heavy (non-hydrogen) atoms. The first-order valence-corrected chi connectivity index (χ1v) is 5.93. The number of benzene rings is 1. The Morgan fingerprint density at radius 2 is 2.39 bits per heavy atom. The second-order valence-corrected chi connectivity index (χ2v) is 4.47. The molecule has 1 aliphatic rings. The maximum atomic E-state index is 12.4. The van der Waals surface area contributed by atoms with Crippen LogP contribution in [0.1, 0.15) is 22.3 Å². The third-order valence-electron chi connectivity index (χ3n) is 3.39. The van der Waals surface area contributed by atoms with E-state index in [1.54, 1.807) is 12.3 Å². The zero-order valence-electron chi connectivity index (χ0n) is 9.77. The maximum absolute atomic E-state index is 12.4. The standard InChI is InChI=1S/C14H12N2O2/c15-6-9-2-1-3-12-13(9)11(7-16-12)14(17)10-4-5-18-8-10/h1-3,7,10,16H,4-5,8H2. The molecule has 1 fully saturated rings. The van der Waals surface area contributed by atoms with Crippen LogP contribution in [-0.4, -0.2) is 24.0 Å². The van der Waals surface area contributed by atoms with Crippen molar-refractivity contribution in [3.05, 3.63) is 35.5 Å². The summed E-state index contributed by atoms with van der Waals surface area (Å²) < 4.78 is 5.25. The highest BCUT2D eigenvalue weighted by Crippen LogP contribution is 2.26. The lowest BCUT2D eigenvalue weighted by Crippen LogP contribution is -2.14. The minimum absolute atomic E-state index is 0.0708. The number of carbonyl (C=O) groups excluding carboxylic acids is 1. The number of hydrogen-bond acceptors (Lipinski definition) is 3. The van der Waals surface area contributed by atoms with Crippen LogP contribution in [0.25, 0.3) is 10.9 Å². The van der Waals surface area contributed by atoms with E-state index >= 15 is 0 Å². The average molecular weight is 240 g/mol. The summed E-state index contributed by atoms with van der Waals surface area (Å²) >= 11 is 0. The number of nitriles is 1. The SMILES string of the molecule is N#Cc1cccc2[nH]cc(C(=O)C3CCOC3)c12. The number of carbonyl (C=O) groups is 1. The molecule has 1 aliphatic heterocycles. The predicted molar refractivity (Wildman–Crippen MR) is 66.3 cm³/mol. The maximum Gasteiger partial charge on any atom is 0.170 e. The molecule has 3 rings (SSSR count). The van der Waals surface area contributed by atoms with Gasteiger partial charge in [-0.3, -0.25) is 4.79 Å². The molecule has 0 saturated carbocycles. The summed E-state index contributed by atoms with van der Waals surface area (Å²) in [4.78, 5) is 15.4. The van der Waals surface area contributed by atoms with E-state index in [0.717, 1.165) is 17.3 Å². The second-order valence-electron chi connectivity index (χ2n) is 4.47. The van der Waals surface area contributed by atoms with E-state index in [1.807, 2.05) is 12.1 Å². The molecule has 1 unspecified atom stereocenters. The van der Waals surface area contributed by atoms with Gasteiger partial charge in [0.15, 0.2) is 5.78 Å². The summed E-state index contributed by atoms with van der Waals surface area (Å²) in [5.41, 5.74) is 1.98. The number of nitrogens with zero attached hydrogens (tertiary/aromatic N) is 1. The van der Waals surface area contributed by atoms with Crippen LogP contribution in [0, 0.1) is 17.2 Å². The Morgan fingerprint density at radius 3 is 3.11 bits per heavy atom. The summed E-state index contributed by atoms with van der Waals surface area (Å²) in [6.07, 6.45) is 2.46. The van der Waals surface area contributed by atoms with Crippen molar-refractivity contribution in [1.82, 2.24) is 4.98 Å². The number of hydrogen-bond donors (Lipinski definition) is 1. The summed E-state index contributed by atoms with van der Waals surface area (Å²) in [6.45, 7) is 1.13. The lowest BCUT2D eigenvalue weighted by molar-refractivity contribution is 0.0902. The number of fused-ring (bicyclic) bond motifs is 1. The number of aromatic nitrogens is 1. The van der Waals surface area contributed by atoms with Gasteiger partial charge in [0.25, 0.3) is 0 Å². The first kappa shape index (κ1) is 11.0. The number of rotatable bonds is 2. The van der Waals surface area contributed by atoms with Crippen molar-refractivity contribution in [1.29, 1.82) is 5.26 Å². The van der Waals surface area contributed by atoms with Gasteiger partial charge in [-0.2, -0.15) is 5.26 Å². The molecule has 2 heterocycles. The molecular formula is C14H12N2O2. The number of Topliss-reactive ketones (excluding diaryl/α,β-unsaturated/α-hetero) is 1. The van der Waals surface area contributed by atoms with Gasteiger partial charge in [0.05, 0.1) is 18.2 Å². The molecule has 4 nitrogen and oxygen atoms in total. The predicted octanol–water partition coefficient (Wildman–Crippen LogP) is 2.26. The molecule has 4 heteroatoms. The lowest BCUT2D eigenvalue weighted by Gasteiger charge is -2.05. The summed E-state index contributed by atoms with van der Waals surface area (Å²) in [5.74, 6) is -0.00259. The number of aromatic amines is 1. The zero-order valence-corrected chi connectivity index (χ0v) is 9.77. The van der Waals surface area contributed by atoms with Crippen molar-refractivity contribution in [2.45, 2.75) is 6.42 Å². The summed E-state index contributed by atoms with van der Waals surface area (Å²) in [7, 11) is 0. The van der Waals surface area contributed by atoms with Crippen molar-refractivity contribution in [3.63, 3.8) is 0 Å². The van der Waals surface area contributed by atoms with Crippen LogP contribution in [0.3, 0.4) is 0 Å². The van der Waals surface area contributed by atoms with Gasteiger partial charge in [-0.15, -0.1) is 0 Å². The highest BCUT2D eigenvalue weighted by molar-refractivity contribution is 6.10. The van der Waals surface area contributed by atoms with Crippen LogP contribution < -0.4 is 0 Å². The van der Waals surface area contributed by atoms with E-state index in [-0.39, 0.29) is 11.7 Å². The molecule has 1 aromatic carbocycles. The Hall–Kier alpha value is -2.12. The minimum atomic E-state index is -0.0734. The Labute approximate surface area is 104 Å². The molecule has 0 radical (unpaired) electrons. The van der Waals surface area contributed by atoms with E-state index in [9.17, 15) is 4.79 Å². The minimum Gasteiger partial charge on any atom is -0.381 e. The van der Waals surface area contributed by atoms with Gasteiger partial charge >= 0.3 is 0 Å². The third-order valence-corrected chi connectivity index (χ3v) is 3.39. The smallest absolute Gasteiger partial charge is 0.170 e. The van der Waals surface area contributed by atoms with Gasteiger partial charge in [-0.05, 0) is 18.6 Å². The number of ketones is 1. The van der Waals surface area contributed by atoms with E-state index in [0.29, 0.717) is 24.3 Å². The first-order chi connectivity index (χ1) is 8.81. The zero-order chi connectivity index (χ0) is 12.5. The fourth-order valence-corrected chi connectivity index (χ4v) is 2.43. The average Bonchev–Trinajstić information content (AvgIpc) is 3.06. The number of H-pyrrole nitrogens is 1. The van der Waals surface area contributed by atoms with Crippen LogP contribution in [-0.2, 0) is 4.74 Å². The topological polar surface area (TPSA) is 65.9 Å². The van der Waals surface area contributed by atoms with E-state index < -0.39 is 0 Å². The fraction of sp³-hybridized carbons (Fsp3) is 0.286. The summed E-state index contributed by atoms with van der Waals surface area (Å²) in [6, 6.07) is 7.56. The van der Waals surface area contributed by atoms with Crippen molar-refractivity contribution in [2.75, 3.05) is 13.2 Å². The Kier molecular flexibility index (Phi) is 2.62. The van der Waals surface area contributed by atoms with Crippen LogP contribution >= 0.6 is 0 Å². The molecule has 1 aromatic heterocycles. The molecule has 1 atom stereocenters. The largest absolute Gasteiger partial charge is 0.381 e. The normalized spacial score (nSPS) is 18.9. The molecule has 0 aliphatic carbocycles. The summed E-state index contributed by atoms with van der Waals surface area (Å²) in [5, 5.41) is 9.86. The van der Waals surface area contributed by atoms with Crippen molar-refractivity contribution in [2.24, 2.45) is 5.92 Å². The third kappa shape index (κ3) is 1.60. The molecular weight excluding hydrogens is 228 g/mol. The Bertz CT molecular complexity index is 645. The van der Waals surface area contributed by atoms with E-state index in [4.69, 9.17) is 10.00 Å². The van der Waals surface area contributed by atoms with Gasteiger partial charge in [-0.1, -0.05) is 6.07 Å². The quantitative estimate of drug-likeness (QED) is 0.819. The van der Waals surface area contributed by atoms with Gasteiger partial charge in [-0.25, -0.2) is 0 Å². The van der Waals surface area contributed by atoms with Crippen LogP contribution in [0.15, 0.2) is 24.4 Å². The number of ether oxygens (including phenoxy) is 1. The van der Waals surface area contributed by atoms with Gasteiger partial charge in [0.1, 0.15) is 0 Å². The highest BCUT2D eigenvalue weighted by Gasteiger charge is 2.27. The van der Waals surface area contributed by atoms with Crippen LogP contribution in [0.4, 0.5) is 0 Å². The molecule has 90 valence electrons. The molecule has 0 bridgehead atoms. The lowest BCUT2D eigenvalue weighted by atomic mass is 9.95. The van der Waals surface area contributed by atoms with Gasteiger partial charge < -0.3 is 9.72 Å². The van der Waals surface area contributed by atoms with Gasteiger partial charge in [0, 0.05) is 35.2 Å². The molecule has 0 amide bonds. The van der Waals surface area contributed by atoms with Gasteiger partial charge in [0.2, 0.25) is 0 Å². The first-order valence-electron chi connectivity index (χ1n) is 5.93. The van der Waals surface area contributed by atoms with E-state index in [1.165, 1.54) is 0 Å². The number of nitrogens with one attached hydrogen (secondary N) is 1. The highest BCUT2D eigenvalue weighted by atomic mass is 16.5. The Balaban J connectivity index is 2.12. The fourth-order valence-electron chi connectivity index (χ4n) is 2.43. The van der Waals surface area contributed by atoms with Crippen molar-refractivity contribution in [3.8, 4) is 6.07 Å². The van der Waals surface area contributed by atoms with Crippen LogP contribution in [0.5, 0.6) is 0 Å². The van der Waals surface area contributed by atoms with Crippen molar-refractivity contribution >= 4 is 16.7 Å². The monoisotopic (exact) mass is 240 g/mol. The van der Waals surface area contributed by atoms with Crippen LogP contribution in [0.2, 0.25) is 0 Å². The van der Waals surface area contributed by atoms with E-state index in [2.05, 4.69) is 11.1 Å².